The highest BCUT2D eigenvalue weighted by Crippen LogP contribution is 2.10. The molecule has 0 aromatic rings. The second-order valence-electron chi connectivity index (χ2n) is 4.09. The number of rotatable bonds is 2. The van der Waals surface area contributed by atoms with Crippen molar-refractivity contribution in [3.8, 4) is 0 Å². The molecular formula is C10H18ClN3O2. The number of likely N-dealkylation sites (tertiary alicyclic amines) is 1. The van der Waals surface area contributed by atoms with Gasteiger partial charge in [0, 0.05) is 26.2 Å². The maximum absolute atomic E-state index is 11.8. The molecule has 2 aliphatic heterocycles. The number of hydrogen-bond donors (Lipinski definition) is 2. The largest absolute Gasteiger partial charge is 0.353 e. The molecular weight excluding hydrogens is 230 g/mol. The van der Waals surface area contributed by atoms with Crippen LogP contribution in [0.25, 0.3) is 0 Å². The summed E-state index contributed by atoms with van der Waals surface area (Å²) < 4.78 is 0. The average Bonchev–Trinajstić information content (AvgIpc) is 2.74. The second-order valence-corrected chi connectivity index (χ2v) is 4.09. The Kier molecular flexibility index (Phi) is 5.02. The van der Waals surface area contributed by atoms with Crippen LogP contribution in [0.15, 0.2) is 0 Å². The van der Waals surface area contributed by atoms with Crippen LogP contribution in [0.3, 0.4) is 0 Å². The zero-order valence-electron chi connectivity index (χ0n) is 9.20. The van der Waals surface area contributed by atoms with Gasteiger partial charge in [-0.05, 0) is 12.8 Å². The number of carbonyl (C=O) groups is 2. The maximum atomic E-state index is 11.8. The summed E-state index contributed by atoms with van der Waals surface area (Å²) in [4.78, 5) is 25.0. The van der Waals surface area contributed by atoms with Crippen molar-refractivity contribution in [2.75, 3.05) is 26.2 Å². The van der Waals surface area contributed by atoms with Crippen molar-refractivity contribution >= 4 is 24.2 Å². The second kappa shape index (κ2) is 6.06. The molecule has 2 heterocycles. The van der Waals surface area contributed by atoms with Crippen LogP contribution in [0.1, 0.15) is 19.3 Å². The number of halogens is 1. The fourth-order valence-electron chi connectivity index (χ4n) is 2.08. The van der Waals surface area contributed by atoms with Gasteiger partial charge in [0.05, 0.1) is 12.5 Å². The van der Waals surface area contributed by atoms with Crippen molar-refractivity contribution in [1.29, 1.82) is 0 Å². The number of piperazine rings is 1. The van der Waals surface area contributed by atoms with Crippen molar-refractivity contribution < 1.29 is 9.59 Å². The van der Waals surface area contributed by atoms with Gasteiger partial charge in [0.1, 0.15) is 0 Å². The van der Waals surface area contributed by atoms with E-state index in [-0.39, 0.29) is 30.3 Å². The Hall–Kier alpha value is -0.810. The highest BCUT2D eigenvalue weighted by molar-refractivity contribution is 5.88. The molecule has 0 radical (unpaired) electrons. The summed E-state index contributed by atoms with van der Waals surface area (Å²) in [6.07, 6.45) is 2.48. The molecule has 5 nitrogen and oxygen atoms in total. The molecule has 2 amide bonds. The van der Waals surface area contributed by atoms with Crippen molar-refractivity contribution in [3.63, 3.8) is 0 Å². The van der Waals surface area contributed by atoms with Gasteiger partial charge in [0.15, 0.2) is 0 Å². The molecule has 92 valence electrons. The molecule has 2 N–H and O–H groups in total. The minimum Gasteiger partial charge on any atom is -0.353 e. The highest BCUT2D eigenvalue weighted by atomic mass is 35.5. The SMILES string of the molecule is Cl.O=C1NCCNC1CC(=O)N1CCCC1. The molecule has 16 heavy (non-hydrogen) atoms. The van der Waals surface area contributed by atoms with Gasteiger partial charge in [-0.15, -0.1) is 12.4 Å². The van der Waals surface area contributed by atoms with E-state index in [0.717, 1.165) is 32.5 Å². The molecule has 6 heteroatoms. The molecule has 1 unspecified atom stereocenters. The van der Waals surface area contributed by atoms with Gasteiger partial charge in [-0.1, -0.05) is 0 Å². The molecule has 0 saturated carbocycles. The zero-order valence-corrected chi connectivity index (χ0v) is 10.0. The molecule has 0 aliphatic carbocycles. The van der Waals surface area contributed by atoms with E-state index < -0.39 is 0 Å². The summed E-state index contributed by atoms with van der Waals surface area (Å²) in [6, 6.07) is -0.327. The molecule has 0 aromatic heterocycles. The molecule has 1 atom stereocenters. The van der Waals surface area contributed by atoms with E-state index in [1.807, 2.05) is 4.90 Å². The number of nitrogens with zero attached hydrogens (tertiary/aromatic N) is 1. The predicted octanol–water partition coefficient (Wildman–Crippen LogP) is -0.491. The third-order valence-electron chi connectivity index (χ3n) is 2.97. The number of hydrogen-bond acceptors (Lipinski definition) is 3. The minimum absolute atomic E-state index is 0. The van der Waals surface area contributed by atoms with Crippen LogP contribution in [-0.4, -0.2) is 48.9 Å². The van der Waals surface area contributed by atoms with E-state index >= 15 is 0 Å². The van der Waals surface area contributed by atoms with Gasteiger partial charge < -0.3 is 15.5 Å². The summed E-state index contributed by atoms with van der Waals surface area (Å²) in [5.41, 5.74) is 0. The van der Waals surface area contributed by atoms with Gasteiger partial charge in [-0.2, -0.15) is 0 Å². The molecule has 0 spiro atoms. The smallest absolute Gasteiger partial charge is 0.237 e. The van der Waals surface area contributed by atoms with Crippen molar-refractivity contribution in [2.45, 2.75) is 25.3 Å². The van der Waals surface area contributed by atoms with Gasteiger partial charge in [-0.3, -0.25) is 9.59 Å². The molecule has 2 fully saturated rings. The Balaban J connectivity index is 0.00000128. The van der Waals surface area contributed by atoms with Crippen LogP contribution < -0.4 is 10.6 Å². The third-order valence-corrected chi connectivity index (χ3v) is 2.97. The predicted molar refractivity (Wildman–Crippen MR) is 62.5 cm³/mol. The Labute approximate surface area is 101 Å². The summed E-state index contributed by atoms with van der Waals surface area (Å²) in [5, 5.41) is 5.82. The lowest BCUT2D eigenvalue weighted by Crippen LogP contribution is -2.54. The Morgan fingerprint density at radius 3 is 2.62 bits per heavy atom. The number of nitrogens with one attached hydrogen (secondary N) is 2. The lowest BCUT2D eigenvalue weighted by atomic mass is 10.1. The molecule has 2 saturated heterocycles. The quantitative estimate of drug-likeness (QED) is 0.692. The van der Waals surface area contributed by atoms with Crippen LogP contribution in [-0.2, 0) is 9.59 Å². The summed E-state index contributed by atoms with van der Waals surface area (Å²) in [7, 11) is 0. The molecule has 0 bridgehead atoms. The van der Waals surface area contributed by atoms with Crippen LogP contribution in [0.2, 0.25) is 0 Å². The van der Waals surface area contributed by atoms with E-state index in [1.165, 1.54) is 0 Å². The third kappa shape index (κ3) is 3.09. The zero-order chi connectivity index (χ0) is 10.7. The van der Waals surface area contributed by atoms with Crippen LogP contribution >= 0.6 is 12.4 Å². The Bertz CT molecular complexity index is 267. The first-order chi connectivity index (χ1) is 7.27. The van der Waals surface area contributed by atoms with Gasteiger partial charge >= 0.3 is 0 Å². The summed E-state index contributed by atoms with van der Waals surface area (Å²) >= 11 is 0. The topological polar surface area (TPSA) is 61.4 Å². The maximum Gasteiger partial charge on any atom is 0.237 e. The summed E-state index contributed by atoms with van der Waals surface area (Å²) in [5.74, 6) is 0.0517. The van der Waals surface area contributed by atoms with E-state index in [0.29, 0.717) is 13.0 Å². The number of amides is 2. The normalized spacial score (nSPS) is 24.9. The van der Waals surface area contributed by atoms with Gasteiger partial charge in [0.2, 0.25) is 11.8 Å². The van der Waals surface area contributed by atoms with Gasteiger partial charge in [0.25, 0.3) is 0 Å². The standard InChI is InChI=1S/C10H17N3O2.ClH/c14-9(13-5-1-2-6-13)7-8-10(15)12-4-3-11-8;/h8,11H,1-7H2,(H,12,15);1H. The first-order valence-electron chi connectivity index (χ1n) is 5.56. The highest BCUT2D eigenvalue weighted by Gasteiger charge is 2.27. The fraction of sp³-hybridized carbons (Fsp3) is 0.800. The van der Waals surface area contributed by atoms with E-state index in [2.05, 4.69) is 10.6 Å². The van der Waals surface area contributed by atoms with Crippen LogP contribution in [0.4, 0.5) is 0 Å². The number of carbonyl (C=O) groups excluding carboxylic acids is 2. The minimum atomic E-state index is -0.327. The van der Waals surface area contributed by atoms with Crippen molar-refractivity contribution in [3.05, 3.63) is 0 Å². The molecule has 2 aliphatic rings. The van der Waals surface area contributed by atoms with Crippen LogP contribution in [0, 0.1) is 0 Å². The van der Waals surface area contributed by atoms with E-state index in [1.54, 1.807) is 0 Å². The Morgan fingerprint density at radius 2 is 2.00 bits per heavy atom. The lowest BCUT2D eigenvalue weighted by molar-refractivity contribution is -0.134. The first-order valence-corrected chi connectivity index (χ1v) is 5.56. The monoisotopic (exact) mass is 247 g/mol. The Morgan fingerprint density at radius 1 is 1.31 bits per heavy atom. The molecule has 0 aromatic carbocycles. The van der Waals surface area contributed by atoms with E-state index in [4.69, 9.17) is 0 Å². The fourth-order valence-corrected chi connectivity index (χ4v) is 2.08. The molecule has 2 rings (SSSR count). The first kappa shape index (κ1) is 13.3. The van der Waals surface area contributed by atoms with Crippen LogP contribution in [0.5, 0.6) is 0 Å². The average molecular weight is 248 g/mol. The van der Waals surface area contributed by atoms with E-state index in [9.17, 15) is 9.59 Å². The summed E-state index contributed by atoms with van der Waals surface area (Å²) in [6.45, 7) is 3.12. The lowest BCUT2D eigenvalue weighted by Gasteiger charge is -2.25. The van der Waals surface area contributed by atoms with Crippen molar-refractivity contribution in [2.24, 2.45) is 0 Å². The van der Waals surface area contributed by atoms with Gasteiger partial charge in [-0.25, -0.2) is 0 Å². The van der Waals surface area contributed by atoms with Crippen molar-refractivity contribution in [1.82, 2.24) is 15.5 Å².